The summed E-state index contributed by atoms with van der Waals surface area (Å²) < 4.78 is 22.2. The summed E-state index contributed by atoms with van der Waals surface area (Å²) in [6.45, 7) is 0. The van der Waals surface area contributed by atoms with Crippen molar-refractivity contribution in [3.05, 3.63) is 53.9 Å². The third-order valence-corrected chi connectivity index (χ3v) is 5.17. The summed E-state index contributed by atoms with van der Waals surface area (Å²) in [7, 11) is 4.67. The third kappa shape index (κ3) is 4.22. The number of nitrogens with one attached hydrogen (secondary N) is 1. The lowest BCUT2D eigenvalue weighted by atomic mass is 9.89. The zero-order valence-corrected chi connectivity index (χ0v) is 18.1. The molecule has 0 radical (unpaired) electrons. The number of nitrogens with zero attached hydrogens (tertiary/aromatic N) is 3. The van der Waals surface area contributed by atoms with Gasteiger partial charge in [0.1, 0.15) is 5.75 Å². The highest BCUT2D eigenvalue weighted by Gasteiger charge is 2.20. The molecule has 166 valence electrons. The maximum Gasteiger partial charge on any atom is 0.239 e. The first-order chi connectivity index (χ1) is 15.7. The van der Waals surface area contributed by atoms with E-state index in [0.29, 0.717) is 46.1 Å². The third-order valence-electron chi connectivity index (χ3n) is 5.17. The molecule has 0 bridgehead atoms. The molecule has 32 heavy (non-hydrogen) atoms. The molecule has 0 amide bonds. The van der Waals surface area contributed by atoms with Crippen molar-refractivity contribution in [1.29, 1.82) is 0 Å². The van der Waals surface area contributed by atoms with Crippen LogP contribution in [0.3, 0.4) is 0 Å². The van der Waals surface area contributed by atoms with Gasteiger partial charge in [-0.1, -0.05) is 17.3 Å². The van der Waals surface area contributed by atoms with Gasteiger partial charge in [0.05, 0.1) is 39.4 Å². The first-order valence-electron chi connectivity index (χ1n) is 10.1. The van der Waals surface area contributed by atoms with Gasteiger partial charge in [-0.15, -0.1) is 0 Å². The fraction of sp³-hybridized carbons (Fsp3) is 0.261. The largest absolute Gasteiger partial charge is 0.493 e. The summed E-state index contributed by atoms with van der Waals surface area (Å²) in [5.41, 5.74) is 3.25. The second kappa shape index (κ2) is 9.42. The fourth-order valence-corrected chi connectivity index (χ4v) is 3.73. The van der Waals surface area contributed by atoms with Gasteiger partial charge in [0.25, 0.3) is 0 Å². The smallest absolute Gasteiger partial charge is 0.239 e. The quantitative estimate of drug-likeness (QED) is 0.410. The number of hydrogen-bond donors (Lipinski definition) is 2. The Kier molecular flexibility index (Phi) is 6.25. The molecule has 3 aromatic rings. The van der Waals surface area contributed by atoms with Crippen molar-refractivity contribution >= 4 is 17.2 Å². The summed E-state index contributed by atoms with van der Waals surface area (Å²) in [4.78, 5) is 8.75. The highest BCUT2D eigenvalue weighted by Crippen LogP contribution is 2.40. The Morgan fingerprint density at radius 1 is 0.969 bits per heavy atom. The lowest BCUT2D eigenvalue weighted by Gasteiger charge is -2.20. The molecule has 0 saturated heterocycles. The van der Waals surface area contributed by atoms with Crippen LogP contribution in [0.4, 0.5) is 11.5 Å². The molecule has 1 aliphatic carbocycles. The second-order valence-corrected chi connectivity index (χ2v) is 7.07. The molecule has 0 unspecified atom stereocenters. The molecule has 2 N–H and O–H groups in total. The van der Waals surface area contributed by atoms with Gasteiger partial charge in [-0.25, -0.2) is 0 Å². The van der Waals surface area contributed by atoms with Gasteiger partial charge < -0.3 is 29.5 Å². The Morgan fingerprint density at radius 2 is 1.75 bits per heavy atom. The SMILES string of the molecule is COc1cc(Nc2cncc(Oc3cccc4c3CCCC4=NO)n2)cc(OC)c1OC. The van der Waals surface area contributed by atoms with Gasteiger partial charge in [-0.2, -0.15) is 4.98 Å². The summed E-state index contributed by atoms with van der Waals surface area (Å²) in [5, 5.41) is 15.9. The Bertz CT molecular complexity index is 1120. The van der Waals surface area contributed by atoms with Crippen molar-refractivity contribution in [3.8, 4) is 28.9 Å². The molecule has 0 atom stereocenters. The van der Waals surface area contributed by atoms with Gasteiger partial charge in [0, 0.05) is 28.9 Å². The van der Waals surface area contributed by atoms with E-state index in [1.54, 1.807) is 45.9 Å². The number of hydrogen-bond acceptors (Lipinski definition) is 9. The second-order valence-electron chi connectivity index (χ2n) is 7.07. The van der Waals surface area contributed by atoms with Crippen molar-refractivity contribution in [2.75, 3.05) is 26.6 Å². The molecule has 9 heteroatoms. The summed E-state index contributed by atoms with van der Waals surface area (Å²) in [6, 6.07) is 9.24. The Labute approximate surface area is 185 Å². The zero-order chi connectivity index (χ0) is 22.5. The van der Waals surface area contributed by atoms with Crippen LogP contribution in [0, 0.1) is 0 Å². The lowest BCUT2D eigenvalue weighted by Crippen LogP contribution is -2.13. The van der Waals surface area contributed by atoms with E-state index in [1.807, 2.05) is 18.2 Å². The molecule has 0 saturated carbocycles. The van der Waals surface area contributed by atoms with E-state index >= 15 is 0 Å². The molecule has 2 aromatic carbocycles. The average molecular weight is 436 g/mol. The molecular weight excluding hydrogens is 412 g/mol. The zero-order valence-electron chi connectivity index (χ0n) is 18.1. The lowest BCUT2D eigenvalue weighted by molar-refractivity contribution is 0.317. The van der Waals surface area contributed by atoms with E-state index in [4.69, 9.17) is 18.9 Å². The normalized spacial score (nSPS) is 13.9. The topological polar surface area (TPSA) is 107 Å². The van der Waals surface area contributed by atoms with Gasteiger partial charge >= 0.3 is 0 Å². The van der Waals surface area contributed by atoms with Crippen molar-refractivity contribution < 1.29 is 24.2 Å². The maximum atomic E-state index is 9.29. The molecule has 4 rings (SSSR count). The number of rotatable bonds is 7. The number of oxime groups is 1. The number of methoxy groups -OCH3 is 3. The maximum absolute atomic E-state index is 9.29. The molecule has 0 fully saturated rings. The van der Waals surface area contributed by atoms with Gasteiger partial charge in [0.15, 0.2) is 17.3 Å². The number of anilines is 2. The van der Waals surface area contributed by atoms with E-state index < -0.39 is 0 Å². The molecule has 1 heterocycles. The van der Waals surface area contributed by atoms with Crippen LogP contribution in [0.5, 0.6) is 28.9 Å². The van der Waals surface area contributed by atoms with Gasteiger partial charge in [-0.05, 0) is 25.3 Å². The molecule has 1 aliphatic rings. The predicted octanol–water partition coefficient (Wildman–Crippen LogP) is 4.55. The molecule has 0 spiro atoms. The summed E-state index contributed by atoms with van der Waals surface area (Å²) in [5.74, 6) is 3.04. The van der Waals surface area contributed by atoms with Crippen LogP contribution in [0.1, 0.15) is 24.0 Å². The standard InChI is InChI=1S/C23H24N4O5/c1-29-19-10-14(11-20(30-2)23(19)31-3)25-21-12-24-13-22(26-21)32-18-9-5-6-15-16(18)7-4-8-17(15)27-28/h5-6,9-13,28H,4,7-8H2,1-3H3,(H,25,26). The van der Waals surface area contributed by atoms with Crippen LogP contribution in [0.15, 0.2) is 47.9 Å². The van der Waals surface area contributed by atoms with Crippen LogP contribution in [-0.2, 0) is 6.42 Å². The highest BCUT2D eigenvalue weighted by molar-refractivity contribution is 6.02. The molecule has 0 aliphatic heterocycles. The Morgan fingerprint density at radius 3 is 2.44 bits per heavy atom. The Hall–Kier alpha value is -4.01. The number of fused-ring (bicyclic) bond motifs is 1. The minimum absolute atomic E-state index is 0.337. The van der Waals surface area contributed by atoms with E-state index in [-0.39, 0.29) is 0 Å². The van der Waals surface area contributed by atoms with E-state index in [1.165, 1.54) is 0 Å². The number of ether oxygens (including phenoxy) is 4. The average Bonchev–Trinajstić information content (AvgIpc) is 2.83. The van der Waals surface area contributed by atoms with Gasteiger partial charge in [0.2, 0.25) is 11.6 Å². The summed E-state index contributed by atoms with van der Waals surface area (Å²) >= 11 is 0. The van der Waals surface area contributed by atoms with E-state index in [2.05, 4.69) is 20.4 Å². The highest BCUT2D eigenvalue weighted by atomic mass is 16.5. The predicted molar refractivity (Wildman–Crippen MR) is 119 cm³/mol. The summed E-state index contributed by atoms with van der Waals surface area (Å²) in [6.07, 6.45) is 5.60. The molecule has 1 aromatic heterocycles. The van der Waals surface area contributed by atoms with Crippen LogP contribution < -0.4 is 24.3 Å². The minimum atomic E-state index is 0.337. The van der Waals surface area contributed by atoms with Crippen LogP contribution >= 0.6 is 0 Å². The van der Waals surface area contributed by atoms with E-state index in [0.717, 1.165) is 30.4 Å². The monoisotopic (exact) mass is 436 g/mol. The van der Waals surface area contributed by atoms with Crippen LogP contribution in [0.2, 0.25) is 0 Å². The molecule has 9 nitrogen and oxygen atoms in total. The van der Waals surface area contributed by atoms with Crippen molar-refractivity contribution in [3.63, 3.8) is 0 Å². The fourth-order valence-electron chi connectivity index (χ4n) is 3.73. The van der Waals surface area contributed by atoms with Gasteiger partial charge in [-0.3, -0.25) is 4.98 Å². The number of benzene rings is 2. The van der Waals surface area contributed by atoms with E-state index in [9.17, 15) is 5.21 Å². The number of aromatic nitrogens is 2. The van der Waals surface area contributed by atoms with Crippen molar-refractivity contribution in [2.24, 2.45) is 5.16 Å². The van der Waals surface area contributed by atoms with Crippen LogP contribution in [0.25, 0.3) is 0 Å². The van der Waals surface area contributed by atoms with Crippen LogP contribution in [-0.4, -0.2) is 42.2 Å². The van der Waals surface area contributed by atoms with Crippen molar-refractivity contribution in [2.45, 2.75) is 19.3 Å². The first-order valence-corrected chi connectivity index (χ1v) is 10.1. The molecular formula is C23H24N4O5. The minimum Gasteiger partial charge on any atom is -0.493 e. The first kappa shape index (κ1) is 21.2. The van der Waals surface area contributed by atoms with Crippen molar-refractivity contribution in [1.82, 2.24) is 9.97 Å². The Balaban J connectivity index is 1.60.